The third-order valence-corrected chi connectivity index (χ3v) is 3.43. The molecule has 1 aliphatic heterocycles. The number of aromatic nitrogens is 1. The van der Waals surface area contributed by atoms with E-state index in [-0.39, 0.29) is 6.04 Å². The van der Waals surface area contributed by atoms with Gasteiger partial charge < -0.3 is 15.5 Å². The summed E-state index contributed by atoms with van der Waals surface area (Å²) in [6, 6.07) is 4.13. The van der Waals surface area contributed by atoms with E-state index < -0.39 is 0 Å². The lowest BCUT2D eigenvalue weighted by atomic mass is 10.1. The van der Waals surface area contributed by atoms with Gasteiger partial charge in [0.1, 0.15) is 5.82 Å². The van der Waals surface area contributed by atoms with Gasteiger partial charge in [0.25, 0.3) is 0 Å². The zero-order chi connectivity index (χ0) is 13.0. The standard InChI is InChI=1S/C13H20N4O/c1-2-12(14)11-3-4-13(15-9-11)17-7-5-16(10-18)6-8-17/h3-4,9-10,12H,2,5-8,14H2,1H3/t12-/m0/s1. The molecule has 1 aliphatic rings. The Balaban J connectivity index is 2.00. The first kappa shape index (κ1) is 12.8. The molecule has 1 atom stereocenters. The minimum atomic E-state index is 0.0680. The van der Waals surface area contributed by atoms with Crippen molar-refractivity contribution in [3.8, 4) is 0 Å². The largest absolute Gasteiger partial charge is 0.353 e. The van der Waals surface area contributed by atoms with E-state index in [0.717, 1.165) is 50.4 Å². The summed E-state index contributed by atoms with van der Waals surface area (Å²) in [4.78, 5) is 19.1. The number of pyridine rings is 1. The van der Waals surface area contributed by atoms with Crippen LogP contribution in [0.5, 0.6) is 0 Å². The molecule has 2 N–H and O–H groups in total. The molecule has 1 aromatic heterocycles. The Hall–Kier alpha value is -1.62. The Labute approximate surface area is 108 Å². The molecule has 0 saturated carbocycles. The average molecular weight is 248 g/mol. The zero-order valence-corrected chi connectivity index (χ0v) is 10.7. The van der Waals surface area contributed by atoms with Crippen LogP contribution in [-0.2, 0) is 4.79 Å². The number of carbonyl (C=O) groups is 1. The van der Waals surface area contributed by atoms with E-state index in [0.29, 0.717) is 0 Å². The van der Waals surface area contributed by atoms with Crippen LogP contribution in [0.4, 0.5) is 5.82 Å². The third kappa shape index (κ3) is 2.79. The molecule has 98 valence electrons. The van der Waals surface area contributed by atoms with Crippen molar-refractivity contribution in [1.29, 1.82) is 0 Å². The van der Waals surface area contributed by atoms with Gasteiger partial charge in [-0.2, -0.15) is 0 Å². The van der Waals surface area contributed by atoms with Crippen molar-refractivity contribution >= 4 is 12.2 Å². The number of nitrogens with two attached hydrogens (primary N) is 1. The molecular weight excluding hydrogens is 228 g/mol. The van der Waals surface area contributed by atoms with Crippen molar-refractivity contribution in [2.45, 2.75) is 19.4 Å². The molecule has 1 amide bonds. The molecule has 18 heavy (non-hydrogen) atoms. The van der Waals surface area contributed by atoms with Crippen LogP contribution in [0.2, 0.25) is 0 Å². The molecule has 1 fully saturated rings. The first-order valence-corrected chi connectivity index (χ1v) is 6.40. The van der Waals surface area contributed by atoms with Gasteiger partial charge in [-0.3, -0.25) is 4.79 Å². The molecular formula is C13H20N4O. The number of hydrogen-bond acceptors (Lipinski definition) is 4. The Kier molecular flexibility index (Phi) is 4.15. The summed E-state index contributed by atoms with van der Waals surface area (Å²) in [5, 5.41) is 0. The van der Waals surface area contributed by atoms with Crippen molar-refractivity contribution in [3.05, 3.63) is 23.9 Å². The maximum atomic E-state index is 10.6. The summed E-state index contributed by atoms with van der Waals surface area (Å²) >= 11 is 0. The molecule has 1 saturated heterocycles. The van der Waals surface area contributed by atoms with Crippen LogP contribution < -0.4 is 10.6 Å². The van der Waals surface area contributed by atoms with E-state index in [1.165, 1.54) is 0 Å². The van der Waals surface area contributed by atoms with Crippen molar-refractivity contribution in [2.24, 2.45) is 5.73 Å². The second-order valence-corrected chi connectivity index (χ2v) is 4.59. The molecule has 0 unspecified atom stereocenters. The van der Waals surface area contributed by atoms with Gasteiger partial charge in [-0.05, 0) is 18.1 Å². The summed E-state index contributed by atoms with van der Waals surface area (Å²) < 4.78 is 0. The van der Waals surface area contributed by atoms with E-state index in [2.05, 4.69) is 16.8 Å². The molecule has 2 rings (SSSR count). The monoisotopic (exact) mass is 248 g/mol. The van der Waals surface area contributed by atoms with E-state index in [1.807, 2.05) is 18.3 Å². The van der Waals surface area contributed by atoms with Crippen LogP contribution >= 0.6 is 0 Å². The second kappa shape index (κ2) is 5.82. The minimum absolute atomic E-state index is 0.0680. The van der Waals surface area contributed by atoms with Gasteiger partial charge in [0, 0.05) is 38.4 Å². The van der Waals surface area contributed by atoms with Crippen LogP contribution in [0.15, 0.2) is 18.3 Å². The normalized spacial score (nSPS) is 17.7. The minimum Gasteiger partial charge on any atom is -0.353 e. The smallest absolute Gasteiger partial charge is 0.209 e. The Morgan fingerprint density at radius 1 is 1.39 bits per heavy atom. The lowest BCUT2D eigenvalue weighted by molar-refractivity contribution is -0.118. The number of anilines is 1. The van der Waals surface area contributed by atoms with Gasteiger partial charge in [-0.15, -0.1) is 0 Å². The maximum Gasteiger partial charge on any atom is 0.209 e. The summed E-state index contributed by atoms with van der Waals surface area (Å²) in [6.07, 6.45) is 3.68. The summed E-state index contributed by atoms with van der Waals surface area (Å²) in [5.74, 6) is 0.965. The molecule has 0 bridgehead atoms. The number of nitrogens with zero attached hydrogens (tertiary/aromatic N) is 3. The quantitative estimate of drug-likeness (QED) is 0.799. The molecule has 2 heterocycles. The van der Waals surface area contributed by atoms with Gasteiger partial charge in [-0.25, -0.2) is 4.98 Å². The number of amides is 1. The topological polar surface area (TPSA) is 62.5 Å². The van der Waals surface area contributed by atoms with Gasteiger partial charge in [0.2, 0.25) is 6.41 Å². The van der Waals surface area contributed by atoms with Crippen molar-refractivity contribution in [3.63, 3.8) is 0 Å². The van der Waals surface area contributed by atoms with Crippen molar-refractivity contribution < 1.29 is 4.79 Å². The number of hydrogen-bond donors (Lipinski definition) is 1. The van der Waals surface area contributed by atoms with E-state index in [4.69, 9.17) is 5.73 Å². The average Bonchev–Trinajstić information content (AvgIpc) is 2.47. The van der Waals surface area contributed by atoms with Crippen LogP contribution in [0, 0.1) is 0 Å². The lowest BCUT2D eigenvalue weighted by Gasteiger charge is -2.33. The number of piperazine rings is 1. The highest BCUT2D eigenvalue weighted by Crippen LogP contribution is 2.17. The molecule has 0 spiro atoms. The van der Waals surface area contributed by atoms with Gasteiger partial charge in [0.15, 0.2) is 0 Å². The molecule has 5 heteroatoms. The van der Waals surface area contributed by atoms with Crippen molar-refractivity contribution in [1.82, 2.24) is 9.88 Å². The van der Waals surface area contributed by atoms with Crippen LogP contribution in [0.1, 0.15) is 24.9 Å². The molecule has 0 aromatic carbocycles. The highest BCUT2D eigenvalue weighted by Gasteiger charge is 2.16. The molecule has 5 nitrogen and oxygen atoms in total. The van der Waals surface area contributed by atoms with Gasteiger partial charge in [-0.1, -0.05) is 13.0 Å². The SMILES string of the molecule is CC[C@H](N)c1ccc(N2CCN(C=O)CC2)nc1. The first-order chi connectivity index (χ1) is 8.74. The second-order valence-electron chi connectivity index (χ2n) is 4.59. The predicted octanol–water partition coefficient (Wildman–Crippen LogP) is 0.770. The Bertz CT molecular complexity index is 384. The van der Waals surface area contributed by atoms with E-state index >= 15 is 0 Å². The number of carbonyl (C=O) groups excluding carboxylic acids is 1. The third-order valence-electron chi connectivity index (χ3n) is 3.43. The van der Waals surface area contributed by atoms with Gasteiger partial charge in [0.05, 0.1) is 0 Å². The van der Waals surface area contributed by atoms with E-state index in [1.54, 1.807) is 4.90 Å². The predicted molar refractivity (Wildman–Crippen MR) is 71.3 cm³/mol. The Morgan fingerprint density at radius 3 is 2.61 bits per heavy atom. The zero-order valence-electron chi connectivity index (χ0n) is 10.7. The van der Waals surface area contributed by atoms with Crippen LogP contribution in [0.25, 0.3) is 0 Å². The first-order valence-electron chi connectivity index (χ1n) is 6.40. The fourth-order valence-electron chi connectivity index (χ4n) is 2.10. The summed E-state index contributed by atoms with van der Waals surface area (Å²) in [6.45, 7) is 5.27. The fourth-order valence-corrected chi connectivity index (χ4v) is 2.10. The highest BCUT2D eigenvalue weighted by molar-refractivity contribution is 5.49. The summed E-state index contributed by atoms with van der Waals surface area (Å²) in [5.41, 5.74) is 7.04. The van der Waals surface area contributed by atoms with Crippen molar-refractivity contribution in [2.75, 3.05) is 31.1 Å². The molecule has 0 radical (unpaired) electrons. The molecule has 1 aromatic rings. The Morgan fingerprint density at radius 2 is 2.11 bits per heavy atom. The molecule has 0 aliphatic carbocycles. The van der Waals surface area contributed by atoms with E-state index in [9.17, 15) is 4.79 Å². The van der Waals surface area contributed by atoms with Gasteiger partial charge >= 0.3 is 0 Å². The van der Waals surface area contributed by atoms with Crippen LogP contribution in [0.3, 0.4) is 0 Å². The fraction of sp³-hybridized carbons (Fsp3) is 0.538. The maximum absolute atomic E-state index is 10.6. The lowest BCUT2D eigenvalue weighted by Crippen LogP contribution is -2.46. The summed E-state index contributed by atoms with van der Waals surface area (Å²) in [7, 11) is 0. The highest BCUT2D eigenvalue weighted by atomic mass is 16.1. The van der Waals surface area contributed by atoms with Crippen LogP contribution in [-0.4, -0.2) is 42.5 Å². The number of rotatable bonds is 4.